The van der Waals surface area contributed by atoms with Crippen molar-refractivity contribution in [1.82, 2.24) is 0 Å². The minimum Gasteiger partial charge on any atom is -0.481 e. The summed E-state index contributed by atoms with van der Waals surface area (Å²) in [5.74, 6) is -0.0880. The number of hydrogen-bond donors (Lipinski definition) is 1. The Labute approximate surface area is 35.0 Å². The Morgan fingerprint density at radius 2 is 2.67 bits per heavy atom. The zero-order valence-electron chi connectivity index (χ0n) is 3.01. The van der Waals surface area contributed by atoms with Crippen molar-refractivity contribution in [2.45, 2.75) is 0 Å². The largest absolute Gasteiger partial charge is 0.481 e. The first-order valence-corrected chi connectivity index (χ1v) is 1.53. The molecular formula is C4H3O2. The summed E-state index contributed by atoms with van der Waals surface area (Å²) in [6, 6.07) is 3.86. The third kappa shape index (κ3) is 0.360. The van der Waals surface area contributed by atoms with E-state index in [1.165, 1.54) is 12.3 Å². The van der Waals surface area contributed by atoms with Crippen LogP contribution in [0.4, 0.5) is 0 Å². The van der Waals surface area contributed by atoms with Gasteiger partial charge in [0.05, 0.1) is 0 Å². The zero-order valence-corrected chi connectivity index (χ0v) is 3.01. The van der Waals surface area contributed by atoms with Crippen LogP contribution in [-0.4, -0.2) is 5.11 Å². The van der Waals surface area contributed by atoms with Gasteiger partial charge in [0.15, 0.2) is 0 Å². The van der Waals surface area contributed by atoms with E-state index < -0.39 is 0 Å². The normalized spacial score (nSPS) is 8.67. The van der Waals surface area contributed by atoms with E-state index in [1.807, 2.05) is 0 Å². The molecule has 0 fully saturated rings. The summed E-state index contributed by atoms with van der Waals surface area (Å²) in [5, 5.41) is 8.27. The van der Waals surface area contributed by atoms with Crippen molar-refractivity contribution in [2.75, 3.05) is 0 Å². The van der Waals surface area contributed by atoms with Crippen LogP contribution < -0.4 is 0 Å². The predicted octanol–water partition coefficient (Wildman–Crippen LogP) is 0.785. The summed E-state index contributed by atoms with van der Waals surface area (Å²) >= 11 is 0. The molecule has 2 heteroatoms. The number of furan rings is 1. The maximum absolute atomic E-state index is 8.27. The molecule has 1 rings (SSSR count). The van der Waals surface area contributed by atoms with Gasteiger partial charge in [-0.05, 0) is 0 Å². The third-order valence-corrected chi connectivity index (χ3v) is 0.455. The summed E-state index contributed by atoms with van der Waals surface area (Å²) < 4.78 is 4.33. The molecule has 0 aromatic carbocycles. The van der Waals surface area contributed by atoms with E-state index in [4.69, 9.17) is 5.11 Å². The molecule has 0 aliphatic rings. The molecule has 0 atom stereocenters. The standard InChI is InChI=1S/C4H3O2/c5-4-2-1-3-6-4/h2-3,5H. The lowest BCUT2D eigenvalue weighted by Crippen LogP contribution is -1.40. The fraction of sp³-hybridized carbons (Fsp3) is 0. The molecular weight excluding hydrogens is 80.0 g/mol. The van der Waals surface area contributed by atoms with Gasteiger partial charge in [-0.25, -0.2) is 0 Å². The van der Waals surface area contributed by atoms with Crippen LogP contribution in [0.1, 0.15) is 0 Å². The Hall–Kier alpha value is -0.920. The van der Waals surface area contributed by atoms with Crippen molar-refractivity contribution in [3.8, 4) is 5.95 Å². The highest BCUT2D eigenvalue weighted by Crippen LogP contribution is 2.03. The van der Waals surface area contributed by atoms with Crippen molar-refractivity contribution in [3.63, 3.8) is 0 Å². The van der Waals surface area contributed by atoms with Gasteiger partial charge < -0.3 is 9.52 Å². The van der Waals surface area contributed by atoms with Crippen LogP contribution in [0.25, 0.3) is 0 Å². The molecule has 0 saturated heterocycles. The van der Waals surface area contributed by atoms with Gasteiger partial charge in [0.1, 0.15) is 6.26 Å². The third-order valence-electron chi connectivity index (χ3n) is 0.455. The summed E-state index contributed by atoms with van der Waals surface area (Å²) in [4.78, 5) is 0. The van der Waals surface area contributed by atoms with Crippen molar-refractivity contribution >= 4 is 0 Å². The molecule has 31 valence electrons. The molecule has 0 saturated carbocycles. The first kappa shape index (κ1) is 3.28. The van der Waals surface area contributed by atoms with Gasteiger partial charge in [0, 0.05) is 12.1 Å². The SMILES string of the molecule is Oc1c[c]co1. The second-order valence-electron chi connectivity index (χ2n) is 0.885. The number of aromatic hydroxyl groups is 1. The molecule has 1 radical (unpaired) electrons. The summed E-state index contributed by atoms with van der Waals surface area (Å²) in [6.07, 6.45) is 1.29. The van der Waals surface area contributed by atoms with Crippen molar-refractivity contribution in [3.05, 3.63) is 18.4 Å². The Morgan fingerprint density at radius 1 is 1.83 bits per heavy atom. The molecule has 1 heterocycles. The first-order valence-electron chi connectivity index (χ1n) is 1.53. The molecule has 1 aromatic rings. The maximum Gasteiger partial charge on any atom is 0.282 e. The van der Waals surface area contributed by atoms with Crippen LogP contribution >= 0.6 is 0 Å². The van der Waals surface area contributed by atoms with Crippen molar-refractivity contribution < 1.29 is 9.52 Å². The fourth-order valence-electron chi connectivity index (χ4n) is 0.234. The van der Waals surface area contributed by atoms with Crippen LogP contribution in [0.5, 0.6) is 5.95 Å². The van der Waals surface area contributed by atoms with Crippen LogP contribution in [0, 0.1) is 6.07 Å². The quantitative estimate of drug-likeness (QED) is 0.503. The van der Waals surface area contributed by atoms with Gasteiger partial charge >= 0.3 is 0 Å². The van der Waals surface area contributed by atoms with E-state index in [0.717, 1.165) is 0 Å². The van der Waals surface area contributed by atoms with Crippen molar-refractivity contribution in [2.24, 2.45) is 0 Å². The molecule has 1 aromatic heterocycles. The molecule has 0 aliphatic carbocycles. The smallest absolute Gasteiger partial charge is 0.282 e. The summed E-state index contributed by atoms with van der Waals surface area (Å²) in [6.45, 7) is 0. The van der Waals surface area contributed by atoms with E-state index in [9.17, 15) is 0 Å². The highest BCUT2D eigenvalue weighted by atomic mass is 16.5. The van der Waals surface area contributed by atoms with E-state index in [2.05, 4.69) is 10.5 Å². The lowest BCUT2D eigenvalue weighted by molar-refractivity contribution is 0.332. The predicted molar refractivity (Wildman–Crippen MR) is 19.2 cm³/mol. The molecule has 0 aliphatic heterocycles. The molecule has 0 unspecified atom stereocenters. The molecule has 0 bridgehead atoms. The van der Waals surface area contributed by atoms with Gasteiger partial charge in [-0.15, -0.1) is 0 Å². The van der Waals surface area contributed by atoms with E-state index in [-0.39, 0.29) is 5.95 Å². The van der Waals surface area contributed by atoms with E-state index in [1.54, 1.807) is 0 Å². The lowest BCUT2D eigenvalue weighted by Gasteiger charge is -1.69. The molecule has 0 spiro atoms. The fourth-order valence-corrected chi connectivity index (χ4v) is 0.234. The molecule has 2 nitrogen and oxygen atoms in total. The first-order chi connectivity index (χ1) is 2.89. The minimum atomic E-state index is -0.0880. The number of rotatable bonds is 0. The zero-order chi connectivity index (χ0) is 4.41. The Morgan fingerprint density at radius 3 is 2.83 bits per heavy atom. The van der Waals surface area contributed by atoms with Gasteiger partial charge in [0.25, 0.3) is 5.95 Å². The average molecular weight is 83.1 g/mol. The molecule has 0 amide bonds. The summed E-state index contributed by atoms with van der Waals surface area (Å²) in [5.41, 5.74) is 0. The Bertz CT molecular complexity index is 109. The summed E-state index contributed by atoms with van der Waals surface area (Å²) in [7, 11) is 0. The number of hydrogen-bond acceptors (Lipinski definition) is 2. The maximum atomic E-state index is 8.27. The Kier molecular flexibility index (Phi) is 0.572. The van der Waals surface area contributed by atoms with Gasteiger partial charge in [-0.2, -0.15) is 0 Å². The van der Waals surface area contributed by atoms with Crippen LogP contribution in [0.2, 0.25) is 0 Å². The lowest BCUT2D eigenvalue weighted by atomic mass is 10.7. The highest BCUT2D eigenvalue weighted by Gasteiger charge is 1.80. The monoisotopic (exact) mass is 83.0 g/mol. The van der Waals surface area contributed by atoms with Crippen LogP contribution in [-0.2, 0) is 0 Å². The highest BCUT2D eigenvalue weighted by molar-refractivity contribution is 4.98. The Balaban J connectivity index is 3.05. The van der Waals surface area contributed by atoms with Gasteiger partial charge in [-0.1, -0.05) is 0 Å². The van der Waals surface area contributed by atoms with Gasteiger partial charge in [-0.3, -0.25) is 0 Å². The minimum absolute atomic E-state index is 0.0880. The van der Waals surface area contributed by atoms with E-state index in [0.29, 0.717) is 0 Å². The molecule has 1 N–H and O–H groups in total. The van der Waals surface area contributed by atoms with Crippen LogP contribution in [0.3, 0.4) is 0 Å². The van der Waals surface area contributed by atoms with Gasteiger partial charge in [0.2, 0.25) is 0 Å². The molecule has 6 heavy (non-hydrogen) atoms. The second-order valence-corrected chi connectivity index (χ2v) is 0.885. The van der Waals surface area contributed by atoms with Crippen LogP contribution in [0.15, 0.2) is 16.7 Å². The van der Waals surface area contributed by atoms with E-state index >= 15 is 0 Å². The topological polar surface area (TPSA) is 33.4 Å². The van der Waals surface area contributed by atoms with Crippen molar-refractivity contribution in [1.29, 1.82) is 0 Å². The average Bonchev–Trinajstić information content (AvgIpc) is 1.86. The second kappa shape index (κ2) is 1.05.